The van der Waals surface area contributed by atoms with Gasteiger partial charge in [-0.25, -0.2) is 0 Å². The molecule has 1 unspecified atom stereocenters. The maximum Gasteiger partial charge on any atom is 0.212 e. The molecule has 3 heteroatoms. The normalized spacial score (nSPS) is 12.2. The number of nitrogens with zero attached hydrogens (tertiary/aromatic N) is 1. The van der Waals surface area contributed by atoms with E-state index in [9.17, 15) is 4.79 Å². The van der Waals surface area contributed by atoms with Crippen LogP contribution in [0.15, 0.2) is 12.7 Å². The van der Waals surface area contributed by atoms with Gasteiger partial charge in [0, 0.05) is 6.54 Å². The van der Waals surface area contributed by atoms with Crippen LogP contribution >= 0.6 is 0 Å². The van der Waals surface area contributed by atoms with Gasteiger partial charge >= 0.3 is 0 Å². The molecule has 1 N–H and O–H groups in total. The molecule has 0 aromatic rings. The molecule has 1 atom stereocenters. The number of aliphatic hydroxyl groups excluding tert-OH is 1. The van der Waals surface area contributed by atoms with Crippen molar-refractivity contribution in [3.8, 4) is 0 Å². The first-order chi connectivity index (χ1) is 4.22. The van der Waals surface area contributed by atoms with Crippen LogP contribution in [0, 0.1) is 0 Å². The standard InChI is InChI=1S/C6H11NO2/c1-3-4-7(5-8)6(2)9/h3,5-6,9H,1,4H2,2H3. The fraction of sp³-hybridized carbons (Fsp3) is 0.500. The SMILES string of the molecule is C=CCN(C=O)C(C)O. The van der Waals surface area contributed by atoms with Gasteiger partial charge in [-0.2, -0.15) is 0 Å². The maximum atomic E-state index is 10.1. The lowest BCUT2D eigenvalue weighted by atomic mass is 10.5. The highest BCUT2D eigenvalue weighted by Gasteiger charge is 2.02. The van der Waals surface area contributed by atoms with Crippen LogP contribution in [0.5, 0.6) is 0 Å². The van der Waals surface area contributed by atoms with Crippen LogP contribution in [0.25, 0.3) is 0 Å². The Hall–Kier alpha value is -0.830. The molecule has 0 heterocycles. The van der Waals surface area contributed by atoms with E-state index in [1.165, 1.54) is 11.8 Å². The van der Waals surface area contributed by atoms with Crippen molar-refractivity contribution in [2.75, 3.05) is 6.54 Å². The highest BCUT2D eigenvalue weighted by molar-refractivity contribution is 5.47. The first kappa shape index (κ1) is 8.17. The summed E-state index contributed by atoms with van der Waals surface area (Å²) in [6.07, 6.45) is 1.42. The zero-order chi connectivity index (χ0) is 7.28. The molecule has 0 aliphatic rings. The lowest BCUT2D eigenvalue weighted by Crippen LogP contribution is -2.31. The summed E-state index contributed by atoms with van der Waals surface area (Å²) in [6, 6.07) is 0. The van der Waals surface area contributed by atoms with E-state index in [2.05, 4.69) is 6.58 Å². The van der Waals surface area contributed by atoms with Crippen molar-refractivity contribution in [3.05, 3.63) is 12.7 Å². The van der Waals surface area contributed by atoms with Gasteiger partial charge in [-0.3, -0.25) is 4.79 Å². The molecular weight excluding hydrogens is 118 g/mol. The Labute approximate surface area is 54.6 Å². The van der Waals surface area contributed by atoms with E-state index in [0.29, 0.717) is 13.0 Å². The summed E-state index contributed by atoms with van der Waals surface area (Å²) < 4.78 is 0. The van der Waals surface area contributed by atoms with Crippen LogP contribution in [-0.2, 0) is 4.79 Å². The van der Waals surface area contributed by atoms with Crippen molar-refractivity contribution in [1.82, 2.24) is 4.90 Å². The van der Waals surface area contributed by atoms with Crippen molar-refractivity contribution in [2.45, 2.75) is 13.2 Å². The van der Waals surface area contributed by atoms with Crippen molar-refractivity contribution >= 4 is 6.41 Å². The van der Waals surface area contributed by atoms with E-state index < -0.39 is 6.23 Å². The second kappa shape index (κ2) is 4.09. The van der Waals surface area contributed by atoms with Crippen molar-refractivity contribution in [3.63, 3.8) is 0 Å². The molecule has 0 aromatic carbocycles. The Morgan fingerprint density at radius 1 is 1.89 bits per heavy atom. The van der Waals surface area contributed by atoms with E-state index in [4.69, 9.17) is 5.11 Å². The summed E-state index contributed by atoms with van der Waals surface area (Å²) in [4.78, 5) is 11.3. The minimum Gasteiger partial charge on any atom is -0.374 e. The quantitative estimate of drug-likeness (QED) is 0.329. The van der Waals surface area contributed by atoms with E-state index in [1.807, 2.05) is 0 Å². The summed E-state index contributed by atoms with van der Waals surface area (Å²) >= 11 is 0. The highest BCUT2D eigenvalue weighted by Crippen LogP contribution is 1.88. The highest BCUT2D eigenvalue weighted by atomic mass is 16.3. The average molecular weight is 129 g/mol. The third kappa shape index (κ3) is 2.87. The zero-order valence-electron chi connectivity index (χ0n) is 5.45. The Bertz CT molecular complexity index is 101. The molecule has 52 valence electrons. The molecule has 0 aromatic heterocycles. The first-order valence-electron chi connectivity index (χ1n) is 2.72. The molecule has 0 radical (unpaired) electrons. The molecule has 0 saturated heterocycles. The van der Waals surface area contributed by atoms with Crippen LogP contribution < -0.4 is 0 Å². The Kier molecular flexibility index (Phi) is 3.71. The van der Waals surface area contributed by atoms with Gasteiger partial charge in [0.2, 0.25) is 6.41 Å². The second-order valence-corrected chi connectivity index (χ2v) is 1.72. The number of carbonyl (C=O) groups excluding carboxylic acids is 1. The molecule has 0 saturated carbocycles. The van der Waals surface area contributed by atoms with Gasteiger partial charge < -0.3 is 10.0 Å². The van der Waals surface area contributed by atoms with E-state index in [-0.39, 0.29) is 0 Å². The molecule has 0 rings (SSSR count). The van der Waals surface area contributed by atoms with Crippen LogP contribution in [0.1, 0.15) is 6.92 Å². The van der Waals surface area contributed by atoms with Crippen molar-refractivity contribution in [1.29, 1.82) is 0 Å². The smallest absolute Gasteiger partial charge is 0.212 e. The monoisotopic (exact) mass is 129 g/mol. The maximum absolute atomic E-state index is 10.1. The number of amides is 1. The van der Waals surface area contributed by atoms with Gasteiger partial charge in [-0.05, 0) is 6.92 Å². The number of carbonyl (C=O) groups is 1. The van der Waals surface area contributed by atoms with Crippen LogP contribution in [0.3, 0.4) is 0 Å². The Balaban J connectivity index is 3.66. The van der Waals surface area contributed by atoms with Crippen molar-refractivity contribution in [2.24, 2.45) is 0 Å². The van der Waals surface area contributed by atoms with Gasteiger partial charge in [0.25, 0.3) is 0 Å². The van der Waals surface area contributed by atoms with Crippen molar-refractivity contribution < 1.29 is 9.90 Å². The molecule has 0 aliphatic carbocycles. The summed E-state index contributed by atoms with van der Waals surface area (Å²) in [5, 5.41) is 8.79. The minimum absolute atomic E-state index is 0.390. The predicted octanol–water partition coefficient (Wildman–Crippen LogP) is -0.0309. The fourth-order valence-electron chi connectivity index (χ4n) is 0.433. The number of hydrogen-bond donors (Lipinski definition) is 1. The molecule has 3 nitrogen and oxygen atoms in total. The van der Waals surface area contributed by atoms with Crippen LogP contribution in [0.4, 0.5) is 0 Å². The van der Waals surface area contributed by atoms with Gasteiger partial charge in [-0.15, -0.1) is 6.58 Å². The van der Waals surface area contributed by atoms with Crippen LogP contribution in [0.2, 0.25) is 0 Å². The molecule has 1 amide bonds. The van der Waals surface area contributed by atoms with E-state index in [1.54, 1.807) is 6.08 Å². The lowest BCUT2D eigenvalue weighted by Gasteiger charge is -2.17. The summed E-state index contributed by atoms with van der Waals surface area (Å²) in [5.74, 6) is 0. The molecule has 0 bridgehead atoms. The third-order valence-corrected chi connectivity index (χ3v) is 0.955. The fourth-order valence-corrected chi connectivity index (χ4v) is 0.433. The molecule has 0 fully saturated rings. The zero-order valence-corrected chi connectivity index (χ0v) is 5.45. The van der Waals surface area contributed by atoms with Gasteiger partial charge in [0.05, 0.1) is 0 Å². The topological polar surface area (TPSA) is 40.5 Å². The summed E-state index contributed by atoms with van der Waals surface area (Å²) in [6.45, 7) is 5.33. The molecule has 9 heavy (non-hydrogen) atoms. The van der Waals surface area contributed by atoms with Crippen LogP contribution in [-0.4, -0.2) is 29.2 Å². The number of rotatable bonds is 4. The summed E-state index contributed by atoms with van der Waals surface area (Å²) in [7, 11) is 0. The summed E-state index contributed by atoms with van der Waals surface area (Å²) in [5.41, 5.74) is 0. The Morgan fingerprint density at radius 3 is 2.56 bits per heavy atom. The molecule has 0 spiro atoms. The molecule has 0 aliphatic heterocycles. The van der Waals surface area contributed by atoms with Gasteiger partial charge in [-0.1, -0.05) is 6.08 Å². The predicted molar refractivity (Wildman–Crippen MR) is 34.6 cm³/mol. The van der Waals surface area contributed by atoms with Gasteiger partial charge in [0.15, 0.2) is 0 Å². The number of aliphatic hydroxyl groups is 1. The largest absolute Gasteiger partial charge is 0.374 e. The minimum atomic E-state index is -0.722. The van der Waals surface area contributed by atoms with E-state index in [0.717, 1.165) is 0 Å². The lowest BCUT2D eigenvalue weighted by molar-refractivity contribution is -0.125. The van der Waals surface area contributed by atoms with Gasteiger partial charge in [0.1, 0.15) is 6.23 Å². The Morgan fingerprint density at radius 2 is 2.44 bits per heavy atom. The number of hydrogen-bond acceptors (Lipinski definition) is 2. The first-order valence-corrected chi connectivity index (χ1v) is 2.72. The second-order valence-electron chi connectivity index (χ2n) is 1.72. The third-order valence-electron chi connectivity index (χ3n) is 0.955. The average Bonchev–Trinajstić information content (AvgIpc) is 1.82. The van der Waals surface area contributed by atoms with E-state index >= 15 is 0 Å². The molecular formula is C6H11NO2.